The average Bonchev–Trinajstić information content (AvgIpc) is 2.54. The van der Waals surface area contributed by atoms with Gasteiger partial charge in [0.15, 0.2) is 0 Å². The molecule has 0 N–H and O–H groups in total. The number of allylic oxidation sites excluding steroid dienone is 1. The Morgan fingerprint density at radius 3 is 2.41 bits per heavy atom. The van der Waals surface area contributed by atoms with Gasteiger partial charge in [0, 0.05) is 30.3 Å². The highest BCUT2D eigenvalue weighted by Gasteiger charge is 2.15. The van der Waals surface area contributed by atoms with Gasteiger partial charge in [-0.25, -0.2) is 0 Å². The minimum absolute atomic E-state index is 0.501. The van der Waals surface area contributed by atoms with E-state index in [-0.39, 0.29) is 0 Å². The first kappa shape index (κ1) is 17.3. The molecule has 1 aromatic carbocycles. The molecule has 1 fully saturated rings. The summed E-state index contributed by atoms with van der Waals surface area (Å²) in [4.78, 5) is 2.45. The van der Waals surface area contributed by atoms with Crippen LogP contribution in [0.15, 0.2) is 36.5 Å². The number of hydrogen-bond donors (Lipinski definition) is 0. The fraction of sp³-hybridized carbons (Fsp3) is 0.579. The third-order valence-corrected chi connectivity index (χ3v) is 4.98. The van der Waals surface area contributed by atoms with Crippen LogP contribution in [-0.4, -0.2) is 36.1 Å². The van der Waals surface area contributed by atoms with Gasteiger partial charge in [-0.05, 0) is 36.0 Å². The van der Waals surface area contributed by atoms with Crippen molar-refractivity contribution in [2.24, 2.45) is 5.92 Å². The summed E-state index contributed by atoms with van der Waals surface area (Å²) in [7, 11) is 0. The standard InChI is InChI=1S/C19H29NOS/c1-15(2)14-21-19-7-5-18(6-8-19)16(3)13-17(4)20-9-11-22-12-10-20/h5-8,15-16H,4,9-14H2,1-3H3. The van der Waals surface area contributed by atoms with Crippen LogP contribution in [0, 0.1) is 5.92 Å². The minimum Gasteiger partial charge on any atom is -0.493 e. The Kier molecular flexibility index (Phi) is 6.69. The molecule has 0 amide bonds. The van der Waals surface area contributed by atoms with Gasteiger partial charge in [0.2, 0.25) is 0 Å². The Balaban J connectivity index is 1.86. The summed E-state index contributed by atoms with van der Waals surface area (Å²) in [5.74, 6) is 4.49. The highest BCUT2D eigenvalue weighted by Crippen LogP contribution is 2.27. The Hall–Kier alpha value is -1.09. The third kappa shape index (κ3) is 5.28. The molecule has 1 atom stereocenters. The zero-order valence-corrected chi connectivity index (χ0v) is 15.0. The fourth-order valence-electron chi connectivity index (χ4n) is 2.64. The van der Waals surface area contributed by atoms with Crippen LogP contribution in [0.3, 0.4) is 0 Å². The smallest absolute Gasteiger partial charge is 0.119 e. The molecule has 0 radical (unpaired) electrons. The van der Waals surface area contributed by atoms with Crippen molar-refractivity contribution >= 4 is 11.8 Å². The highest BCUT2D eigenvalue weighted by atomic mass is 32.2. The summed E-state index contributed by atoms with van der Waals surface area (Å²) in [6.45, 7) is 14.0. The molecule has 3 heteroatoms. The lowest BCUT2D eigenvalue weighted by Crippen LogP contribution is -2.31. The lowest BCUT2D eigenvalue weighted by atomic mass is 9.96. The second kappa shape index (κ2) is 8.52. The maximum atomic E-state index is 5.75. The molecule has 1 heterocycles. The van der Waals surface area contributed by atoms with Crippen LogP contribution in [0.2, 0.25) is 0 Å². The summed E-state index contributed by atoms with van der Waals surface area (Å²) in [6.07, 6.45) is 1.04. The first-order valence-corrected chi connectivity index (χ1v) is 9.45. The zero-order valence-electron chi connectivity index (χ0n) is 14.2. The Labute approximate surface area is 139 Å². The van der Waals surface area contributed by atoms with E-state index in [1.807, 2.05) is 11.8 Å². The van der Waals surface area contributed by atoms with E-state index >= 15 is 0 Å². The third-order valence-electron chi connectivity index (χ3n) is 4.03. The molecule has 0 aromatic heterocycles. The van der Waals surface area contributed by atoms with Crippen molar-refractivity contribution in [3.8, 4) is 5.75 Å². The molecule has 1 aromatic rings. The molecule has 1 aliphatic heterocycles. The lowest BCUT2D eigenvalue weighted by molar-refractivity contribution is 0.271. The van der Waals surface area contributed by atoms with E-state index in [9.17, 15) is 0 Å². The van der Waals surface area contributed by atoms with E-state index < -0.39 is 0 Å². The molecular weight excluding hydrogens is 290 g/mol. The predicted molar refractivity (Wildman–Crippen MR) is 97.8 cm³/mol. The Morgan fingerprint density at radius 1 is 1.18 bits per heavy atom. The van der Waals surface area contributed by atoms with Crippen LogP contribution in [0.25, 0.3) is 0 Å². The van der Waals surface area contributed by atoms with Crippen molar-refractivity contribution < 1.29 is 4.74 Å². The summed E-state index contributed by atoms with van der Waals surface area (Å²) in [5.41, 5.74) is 2.65. The maximum Gasteiger partial charge on any atom is 0.119 e. The molecule has 0 aliphatic carbocycles. The van der Waals surface area contributed by atoms with Crippen LogP contribution < -0.4 is 4.74 Å². The summed E-state index contributed by atoms with van der Waals surface area (Å²) in [6, 6.07) is 8.57. The quantitative estimate of drug-likeness (QED) is 0.718. The first-order chi connectivity index (χ1) is 10.6. The van der Waals surface area contributed by atoms with E-state index in [2.05, 4.69) is 56.5 Å². The normalized spacial score (nSPS) is 16.6. The van der Waals surface area contributed by atoms with Crippen LogP contribution in [0.5, 0.6) is 5.75 Å². The van der Waals surface area contributed by atoms with Crippen molar-refractivity contribution in [2.45, 2.75) is 33.1 Å². The molecule has 2 rings (SSSR count). The predicted octanol–water partition coefficient (Wildman–Crippen LogP) is 4.78. The van der Waals surface area contributed by atoms with Crippen LogP contribution in [0.4, 0.5) is 0 Å². The fourth-order valence-corrected chi connectivity index (χ4v) is 3.54. The average molecular weight is 320 g/mol. The van der Waals surface area contributed by atoms with E-state index in [1.165, 1.54) is 22.8 Å². The van der Waals surface area contributed by atoms with Gasteiger partial charge in [-0.3, -0.25) is 0 Å². The molecule has 0 saturated carbocycles. The van der Waals surface area contributed by atoms with Crippen molar-refractivity contribution in [2.75, 3.05) is 31.2 Å². The van der Waals surface area contributed by atoms with Crippen molar-refractivity contribution in [1.29, 1.82) is 0 Å². The monoisotopic (exact) mass is 319 g/mol. The molecule has 122 valence electrons. The van der Waals surface area contributed by atoms with Crippen LogP contribution in [0.1, 0.15) is 38.7 Å². The van der Waals surface area contributed by atoms with Crippen molar-refractivity contribution in [1.82, 2.24) is 4.90 Å². The van der Waals surface area contributed by atoms with Crippen LogP contribution in [-0.2, 0) is 0 Å². The summed E-state index contributed by atoms with van der Waals surface area (Å²) >= 11 is 2.04. The van der Waals surface area contributed by atoms with Crippen molar-refractivity contribution in [3.63, 3.8) is 0 Å². The highest BCUT2D eigenvalue weighted by molar-refractivity contribution is 7.99. The van der Waals surface area contributed by atoms with Crippen LogP contribution >= 0.6 is 11.8 Å². The van der Waals surface area contributed by atoms with Gasteiger partial charge in [0.05, 0.1) is 6.61 Å². The number of hydrogen-bond acceptors (Lipinski definition) is 3. The number of nitrogens with zero attached hydrogens (tertiary/aromatic N) is 1. The minimum atomic E-state index is 0.501. The number of benzene rings is 1. The van der Waals surface area contributed by atoms with E-state index in [0.717, 1.165) is 31.9 Å². The topological polar surface area (TPSA) is 12.5 Å². The van der Waals surface area contributed by atoms with Gasteiger partial charge in [-0.15, -0.1) is 0 Å². The number of rotatable bonds is 7. The molecule has 0 spiro atoms. The second-order valence-corrected chi connectivity index (χ2v) is 7.77. The largest absolute Gasteiger partial charge is 0.493 e. The van der Waals surface area contributed by atoms with Gasteiger partial charge in [0.1, 0.15) is 5.75 Å². The van der Waals surface area contributed by atoms with Gasteiger partial charge >= 0.3 is 0 Å². The molecule has 1 unspecified atom stereocenters. The molecule has 2 nitrogen and oxygen atoms in total. The van der Waals surface area contributed by atoms with E-state index in [0.29, 0.717) is 11.8 Å². The number of ether oxygens (including phenoxy) is 1. The SMILES string of the molecule is C=C(CC(C)c1ccc(OCC(C)C)cc1)N1CCSCC1. The van der Waals surface area contributed by atoms with Gasteiger partial charge in [-0.1, -0.05) is 39.5 Å². The second-order valence-electron chi connectivity index (χ2n) is 6.54. The van der Waals surface area contributed by atoms with Crippen molar-refractivity contribution in [3.05, 3.63) is 42.1 Å². The summed E-state index contributed by atoms with van der Waals surface area (Å²) < 4.78 is 5.75. The van der Waals surface area contributed by atoms with Gasteiger partial charge < -0.3 is 9.64 Å². The Morgan fingerprint density at radius 2 is 1.82 bits per heavy atom. The molecule has 1 aliphatic rings. The van der Waals surface area contributed by atoms with E-state index in [4.69, 9.17) is 4.74 Å². The molecule has 0 bridgehead atoms. The maximum absolute atomic E-state index is 5.75. The molecular formula is C19H29NOS. The molecule has 1 saturated heterocycles. The van der Waals surface area contributed by atoms with E-state index in [1.54, 1.807) is 0 Å². The molecule has 22 heavy (non-hydrogen) atoms. The zero-order chi connectivity index (χ0) is 15.9. The van der Waals surface area contributed by atoms with Gasteiger partial charge in [-0.2, -0.15) is 11.8 Å². The number of thioether (sulfide) groups is 1. The van der Waals surface area contributed by atoms with Gasteiger partial charge in [0.25, 0.3) is 0 Å². The summed E-state index contributed by atoms with van der Waals surface area (Å²) in [5, 5.41) is 0. The lowest BCUT2D eigenvalue weighted by Gasteiger charge is -2.31. The first-order valence-electron chi connectivity index (χ1n) is 8.29. The Bertz CT molecular complexity index is 463.